The zero-order valence-corrected chi connectivity index (χ0v) is 16.1. The summed E-state index contributed by atoms with van der Waals surface area (Å²) in [7, 11) is 0. The molecule has 4 atom stereocenters. The Bertz CT molecular complexity index is 847. The third-order valence-electron chi connectivity index (χ3n) is 4.96. The number of nitrogens with zero attached hydrogens (tertiary/aromatic N) is 1. The van der Waals surface area contributed by atoms with Crippen LogP contribution in [0.25, 0.3) is 10.4 Å². The van der Waals surface area contributed by atoms with Crippen molar-refractivity contribution in [2.75, 3.05) is 0 Å². The average Bonchev–Trinajstić information content (AvgIpc) is 3.20. The van der Waals surface area contributed by atoms with E-state index in [1.807, 2.05) is 36.7 Å². The van der Waals surface area contributed by atoms with Crippen molar-refractivity contribution in [2.24, 2.45) is 11.5 Å². The lowest BCUT2D eigenvalue weighted by Crippen LogP contribution is -2.57. The molecule has 1 aromatic heterocycles. The van der Waals surface area contributed by atoms with Crippen LogP contribution in [-0.4, -0.2) is 45.5 Å². The van der Waals surface area contributed by atoms with Gasteiger partial charge in [0.1, 0.15) is 0 Å². The second-order valence-corrected chi connectivity index (χ2v) is 8.18. The Labute approximate surface area is 161 Å². The van der Waals surface area contributed by atoms with Gasteiger partial charge in [0.25, 0.3) is 0 Å². The summed E-state index contributed by atoms with van der Waals surface area (Å²) < 4.78 is 0. The fourth-order valence-electron chi connectivity index (χ4n) is 3.44. The first kappa shape index (κ1) is 19.6. The number of thiazole rings is 1. The second kappa shape index (κ2) is 7.47. The summed E-state index contributed by atoms with van der Waals surface area (Å²) in [4.78, 5) is 29.5. The summed E-state index contributed by atoms with van der Waals surface area (Å²) in [6.45, 7) is 3.61. The molecule has 1 aliphatic heterocycles. The van der Waals surface area contributed by atoms with Crippen LogP contribution in [0.5, 0.6) is 0 Å². The monoisotopic (exact) mass is 388 g/mol. The van der Waals surface area contributed by atoms with Crippen molar-refractivity contribution in [1.29, 1.82) is 0 Å². The highest BCUT2D eigenvalue weighted by Gasteiger charge is 2.44. The van der Waals surface area contributed by atoms with Gasteiger partial charge in [-0.25, -0.2) is 4.98 Å². The third kappa shape index (κ3) is 4.08. The van der Waals surface area contributed by atoms with Crippen molar-refractivity contribution in [2.45, 2.75) is 50.4 Å². The number of rotatable bonds is 6. The maximum atomic E-state index is 12.8. The van der Waals surface area contributed by atoms with Crippen molar-refractivity contribution in [1.82, 2.24) is 10.3 Å². The first-order chi connectivity index (χ1) is 12.7. The lowest BCUT2D eigenvalue weighted by atomic mass is 9.85. The molecule has 0 saturated carbocycles. The molecule has 1 fully saturated rings. The molecule has 7 nitrogen and oxygen atoms in total. The summed E-state index contributed by atoms with van der Waals surface area (Å²) in [5.41, 5.74) is 15.1. The van der Waals surface area contributed by atoms with E-state index in [4.69, 9.17) is 11.5 Å². The van der Waals surface area contributed by atoms with Crippen LogP contribution < -0.4 is 16.8 Å². The fraction of sp³-hybridized carbons (Fsp3) is 0.421. The summed E-state index contributed by atoms with van der Waals surface area (Å²) in [6, 6.07) is 6.25. The number of aromatic nitrogens is 1. The zero-order chi connectivity index (χ0) is 19.8. The minimum atomic E-state index is -1.19. The van der Waals surface area contributed by atoms with Gasteiger partial charge >= 0.3 is 0 Å². The first-order valence-electron chi connectivity index (χ1n) is 8.75. The van der Waals surface area contributed by atoms with E-state index in [2.05, 4.69) is 10.3 Å². The SMILES string of the molecule is Cc1ncsc1-c1ccc(CC(C)(N)C(=O)C2N[C@H](C(N)=O)C[C@H]2O)cc1. The number of carbonyl (C=O) groups excluding carboxylic acids is 2. The van der Waals surface area contributed by atoms with Crippen molar-refractivity contribution < 1.29 is 14.7 Å². The summed E-state index contributed by atoms with van der Waals surface area (Å²) in [5, 5.41) is 12.9. The molecule has 8 heteroatoms. The van der Waals surface area contributed by atoms with Crippen molar-refractivity contribution in [3.8, 4) is 10.4 Å². The number of ketones is 1. The van der Waals surface area contributed by atoms with Gasteiger partial charge in [-0.3, -0.25) is 14.9 Å². The standard InChI is InChI=1S/C19H24N4O3S/c1-10-16(27-9-22-10)12-5-3-11(4-6-12)8-19(2,21)17(25)15-14(24)7-13(23-15)18(20)26/h3-6,9,13-15,23-24H,7-8,21H2,1-2H3,(H2,20,26)/t13-,14+,15?,19?/m0/s1. The lowest BCUT2D eigenvalue weighted by molar-refractivity contribution is -0.127. The molecular weight excluding hydrogens is 364 g/mol. The van der Waals surface area contributed by atoms with Gasteiger partial charge in [-0.05, 0) is 37.8 Å². The van der Waals surface area contributed by atoms with Gasteiger partial charge < -0.3 is 16.6 Å². The van der Waals surface area contributed by atoms with E-state index in [9.17, 15) is 14.7 Å². The highest BCUT2D eigenvalue weighted by molar-refractivity contribution is 7.13. The molecule has 0 aliphatic carbocycles. The topological polar surface area (TPSA) is 131 Å². The maximum Gasteiger partial charge on any atom is 0.234 e. The van der Waals surface area contributed by atoms with Gasteiger partial charge in [-0.15, -0.1) is 11.3 Å². The van der Waals surface area contributed by atoms with E-state index < -0.39 is 29.6 Å². The van der Waals surface area contributed by atoms with E-state index >= 15 is 0 Å². The Balaban J connectivity index is 1.71. The van der Waals surface area contributed by atoms with Gasteiger partial charge in [0, 0.05) is 0 Å². The summed E-state index contributed by atoms with van der Waals surface area (Å²) >= 11 is 1.58. The molecule has 2 unspecified atom stereocenters. The van der Waals surface area contributed by atoms with Crippen LogP contribution >= 0.6 is 11.3 Å². The Morgan fingerprint density at radius 2 is 2.04 bits per heavy atom. The van der Waals surface area contributed by atoms with E-state index in [0.29, 0.717) is 6.42 Å². The predicted molar refractivity (Wildman–Crippen MR) is 104 cm³/mol. The largest absolute Gasteiger partial charge is 0.391 e. The van der Waals surface area contributed by atoms with Gasteiger partial charge in [-0.2, -0.15) is 0 Å². The molecule has 1 saturated heterocycles. The zero-order valence-electron chi connectivity index (χ0n) is 15.3. The summed E-state index contributed by atoms with van der Waals surface area (Å²) in [6.07, 6.45) is -0.542. The number of primary amides is 1. The Morgan fingerprint density at radius 3 is 2.56 bits per heavy atom. The molecule has 6 N–H and O–H groups in total. The third-order valence-corrected chi connectivity index (χ3v) is 5.94. The highest BCUT2D eigenvalue weighted by atomic mass is 32.1. The molecule has 0 radical (unpaired) electrons. The Kier molecular flexibility index (Phi) is 5.43. The van der Waals surface area contributed by atoms with Crippen molar-refractivity contribution in [3.05, 3.63) is 41.0 Å². The minimum Gasteiger partial charge on any atom is -0.391 e. The number of amides is 1. The molecule has 144 valence electrons. The van der Waals surface area contributed by atoms with Gasteiger partial charge in [0.05, 0.1) is 39.8 Å². The van der Waals surface area contributed by atoms with Crippen molar-refractivity contribution >= 4 is 23.0 Å². The predicted octanol–water partition coefficient (Wildman–Crippen LogP) is 0.524. The molecule has 2 aromatic rings. The average molecular weight is 388 g/mol. The number of aliphatic hydroxyl groups excluding tert-OH is 1. The molecule has 0 bridgehead atoms. The first-order valence-corrected chi connectivity index (χ1v) is 9.63. The fourth-order valence-corrected chi connectivity index (χ4v) is 4.25. The molecular formula is C19H24N4O3S. The molecule has 1 aliphatic rings. The van der Waals surface area contributed by atoms with E-state index in [0.717, 1.165) is 21.7 Å². The minimum absolute atomic E-state index is 0.116. The van der Waals surface area contributed by atoms with Gasteiger partial charge in [-0.1, -0.05) is 24.3 Å². The van der Waals surface area contributed by atoms with E-state index in [1.165, 1.54) is 0 Å². The number of hydrogen-bond acceptors (Lipinski definition) is 7. The van der Waals surface area contributed by atoms with Crippen LogP contribution in [0, 0.1) is 6.92 Å². The van der Waals surface area contributed by atoms with Gasteiger partial charge in [0.15, 0.2) is 5.78 Å². The summed E-state index contributed by atoms with van der Waals surface area (Å²) in [5.74, 6) is -0.918. The second-order valence-electron chi connectivity index (χ2n) is 7.32. The molecule has 1 aromatic carbocycles. The van der Waals surface area contributed by atoms with Crippen LogP contribution in [0.15, 0.2) is 29.8 Å². The van der Waals surface area contributed by atoms with E-state index in [1.54, 1.807) is 18.3 Å². The number of nitrogens with two attached hydrogens (primary N) is 2. The highest BCUT2D eigenvalue weighted by Crippen LogP contribution is 2.28. The van der Waals surface area contributed by atoms with Crippen LogP contribution in [0.2, 0.25) is 0 Å². The number of aryl methyl sites for hydroxylation is 1. The number of carbonyl (C=O) groups is 2. The van der Waals surface area contributed by atoms with Crippen molar-refractivity contribution in [3.63, 3.8) is 0 Å². The van der Waals surface area contributed by atoms with Gasteiger partial charge in [0.2, 0.25) is 5.91 Å². The Morgan fingerprint density at radius 1 is 1.37 bits per heavy atom. The van der Waals surface area contributed by atoms with E-state index in [-0.39, 0.29) is 12.2 Å². The van der Waals surface area contributed by atoms with Crippen LogP contribution in [0.3, 0.4) is 0 Å². The number of hydrogen-bond donors (Lipinski definition) is 4. The normalized spacial score (nSPS) is 24.5. The maximum absolute atomic E-state index is 12.8. The molecule has 3 rings (SSSR count). The van der Waals surface area contributed by atoms with Crippen LogP contribution in [0.4, 0.5) is 0 Å². The van der Waals surface area contributed by atoms with Crippen LogP contribution in [-0.2, 0) is 16.0 Å². The number of nitrogens with one attached hydrogen (secondary N) is 1. The lowest BCUT2D eigenvalue weighted by Gasteiger charge is -2.28. The Hall–Kier alpha value is -2.13. The smallest absolute Gasteiger partial charge is 0.234 e. The van der Waals surface area contributed by atoms with Crippen LogP contribution in [0.1, 0.15) is 24.6 Å². The molecule has 27 heavy (non-hydrogen) atoms. The number of Topliss-reactive ketones (excluding diaryl/α,β-unsaturated/α-hetero) is 1. The number of aliphatic hydroxyl groups is 1. The number of benzene rings is 1. The quantitative estimate of drug-likeness (QED) is 0.571. The molecule has 2 heterocycles. The molecule has 0 spiro atoms. The molecule has 1 amide bonds.